The molecule has 0 aliphatic carbocycles. The molecule has 1 saturated heterocycles. The van der Waals surface area contributed by atoms with Crippen molar-refractivity contribution in [3.8, 4) is 0 Å². The average molecular weight is 270 g/mol. The predicted molar refractivity (Wildman–Crippen MR) is 78.6 cm³/mol. The fraction of sp³-hybridized carbons (Fsp3) is 0.400. The second-order valence-corrected chi connectivity index (χ2v) is 5.35. The van der Waals surface area contributed by atoms with Crippen molar-refractivity contribution in [1.29, 1.82) is 0 Å². The van der Waals surface area contributed by atoms with Gasteiger partial charge in [-0.2, -0.15) is 0 Å². The minimum atomic E-state index is 0.214. The Morgan fingerprint density at radius 2 is 2.20 bits per heavy atom. The molecule has 2 heterocycles. The molecule has 0 unspecified atom stereocenters. The van der Waals surface area contributed by atoms with Crippen LogP contribution in [0.15, 0.2) is 24.5 Å². The summed E-state index contributed by atoms with van der Waals surface area (Å²) in [4.78, 5) is 22.0. The van der Waals surface area contributed by atoms with Gasteiger partial charge in [-0.1, -0.05) is 12.1 Å². The van der Waals surface area contributed by atoms with Crippen molar-refractivity contribution in [1.82, 2.24) is 14.9 Å². The molecule has 1 aromatic carbocycles. The molecule has 2 aromatic rings. The molecule has 0 radical (unpaired) electrons. The Morgan fingerprint density at radius 1 is 1.35 bits per heavy atom. The number of anilines is 1. The zero-order chi connectivity index (χ0) is 14.1. The van der Waals surface area contributed by atoms with E-state index in [0.717, 1.165) is 35.2 Å². The van der Waals surface area contributed by atoms with Gasteiger partial charge in [-0.3, -0.25) is 4.79 Å². The van der Waals surface area contributed by atoms with E-state index in [1.54, 1.807) is 11.2 Å². The Hall–Kier alpha value is -2.17. The summed E-state index contributed by atoms with van der Waals surface area (Å²) in [6.45, 7) is 2.77. The first-order chi connectivity index (χ1) is 9.65. The number of carbonyl (C=O) groups excluding carboxylic acids is 1. The van der Waals surface area contributed by atoms with Crippen molar-refractivity contribution in [2.45, 2.75) is 25.8 Å². The standard InChI is InChI=1S/C15H18N4O/c1-10-4-3-5-12-14(10)16-9-17-15(12)18-11-6-7-13(20)19(2)8-11/h3-5,9,11H,6-8H2,1-2H3,(H,16,17,18)/t11-/m1/s1. The van der Waals surface area contributed by atoms with Gasteiger partial charge in [-0.15, -0.1) is 0 Å². The molecule has 5 nitrogen and oxygen atoms in total. The lowest BCUT2D eigenvalue weighted by Crippen LogP contribution is -2.43. The van der Waals surface area contributed by atoms with Gasteiger partial charge >= 0.3 is 0 Å². The maximum atomic E-state index is 11.5. The number of nitrogens with zero attached hydrogens (tertiary/aromatic N) is 3. The molecule has 0 saturated carbocycles. The number of hydrogen-bond donors (Lipinski definition) is 1. The first-order valence-electron chi connectivity index (χ1n) is 6.86. The van der Waals surface area contributed by atoms with Crippen LogP contribution in [0.4, 0.5) is 5.82 Å². The van der Waals surface area contributed by atoms with Crippen LogP contribution >= 0.6 is 0 Å². The zero-order valence-corrected chi connectivity index (χ0v) is 11.8. The fourth-order valence-electron chi connectivity index (χ4n) is 2.67. The second kappa shape index (κ2) is 5.07. The Kier molecular flexibility index (Phi) is 3.26. The summed E-state index contributed by atoms with van der Waals surface area (Å²) in [6, 6.07) is 6.34. The molecule has 1 N–H and O–H groups in total. The summed E-state index contributed by atoms with van der Waals surface area (Å²) in [5.41, 5.74) is 2.12. The summed E-state index contributed by atoms with van der Waals surface area (Å²) in [7, 11) is 1.85. The average Bonchev–Trinajstić information content (AvgIpc) is 2.44. The van der Waals surface area contributed by atoms with Gasteiger partial charge < -0.3 is 10.2 Å². The Morgan fingerprint density at radius 3 is 3.00 bits per heavy atom. The van der Waals surface area contributed by atoms with Gasteiger partial charge in [-0.25, -0.2) is 9.97 Å². The summed E-state index contributed by atoms with van der Waals surface area (Å²) in [5.74, 6) is 1.07. The van der Waals surface area contributed by atoms with Crippen molar-refractivity contribution in [3.63, 3.8) is 0 Å². The van der Waals surface area contributed by atoms with Crippen molar-refractivity contribution >= 4 is 22.6 Å². The van der Waals surface area contributed by atoms with E-state index in [1.165, 1.54) is 0 Å². The number of piperidine rings is 1. The highest BCUT2D eigenvalue weighted by molar-refractivity contribution is 5.91. The number of carbonyl (C=O) groups is 1. The molecule has 3 rings (SSSR count). The summed E-state index contributed by atoms with van der Waals surface area (Å²) in [5, 5.41) is 4.49. The number of benzene rings is 1. The maximum absolute atomic E-state index is 11.5. The SMILES string of the molecule is Cc1cccc2c(N[C@@H]3CCC(=O)N(C)C3)ncnc12. The van der Waals surface area contributed by atoms with E-state index in [9.17, 15) is 4.79 Å². The molecule has 1 fully saturated rings. The number of likely N-dealkylation sites (N-methyl/N-ethyl adjacent to an activating group) is 1. The summed E-state index contributed by atoms with van der Waals surface area (Å²) in [6.07, 6.45) is 3.03. The number of nitrogens with one attached hydrogen (secondary N) is 1. The minimum Gasteiger partial charge on any atom is -0.365 e. The van der Waals surface area contributed by atoms with E-state index < -0.39 is 0 Å². The van der Waals surface area contributed by atoms with Crippen LogP contribution in [0.5, 0.6) is 0 Å². The molecule has 104 valence electrons. The molecule has 5 heteroatoms. The minimum absolute atomic E-state index is 0.214. The first-order valence-corrected chi connectivity index (χ1v) is 6.86. The van der Waals surface area contributed by atoms with Crippen molar-refractivity contribution in [3.05, 3.63) is 30.1 Å². The third-order valence-corrected chi connectivity index (χ3v) is 3.83. The summed E-state index contributed by atoms with van der Waals surface area (Å²) >= 11 is 0. The van der Waals surface area contributed by atoms with E-state index in [4.69, 9.17) is 0 Å². The van der Waals surface area contributed by atoms with E-state index in [1.807, 2.05) is 32.2 Å². The van der Waals surface area contributed by atoms with Gasteiger partial charge in [0.05, 0.1) is 5.52 Å². The second-order valence-electron chi connectivity index (χ2n) is 5.35. The smallest absolute Gasteiger partial charge is 0.222 e. The number of likely N-dealkylation sites (tertiary alicyclic amines) is 1. The van der Waals surface area contributed by atoms with Crippen LogP contribution in [0.1, 0.15) is 18.4 Å². The van der Waals surface area contributed by atoms with Crippen LogP contribution in [-0.2, 0) is 4.79 Å². The van der Waals surface area contributed by atoms with Crippen molar-refractivity contribution < 1.29 is 4.79 Å². The highest BCUT2D eigenvalue weighted by Crippen LogP contribution is 2.23. The lowest BCUT2D eigenvalue weighted by molar-refractivity contribution is -0.132. The topological polar surface area (TPSA) is 58.1 Å². The molecule has 1 aliphatic heterocycles. The molecule has 0 spiro atoms. The van der Waals surface area contributed by atoms with Gasteiger partial charge in [0.25, 0.3) is 0 Å². The normalized spacial score (nSPS) is 19.4. The Labute approximate surface area is 118 Å². The molecule has 0 bridgehead atoms. The number of hydrogen-bond acceptors (Lipinski definition) is 4. The number of fused-ring (bicyclic) bond motifs is 1. The zero-order valence-electron chi connectivity index (χ0n) is 11.8. The third-order valence-electron chi connectivity index (χ3n) is 3.83. The van der Waals surface area contributed by atoms with Gasteiger partial charge in [0.2, 0.25) is 5.91 Å². The molecule has 1 aliphatic rings. The van der Waals surface area contributed by atoms with Crippen LogP contribution in [0.3, 0.4) is 0 Å². The predicted octanol–water partition coefficient (Wildman–Crippen LogP) is 1.97. The van der Waals surface area contributed by atoms with E-state index in [-0.39, 0.29) is 11.9 Å². The van der Waals surface area contributed by atoms with Crippen LogP contribution in [0.2, 0.25) is 0 Å². The molecular weight excluding hydrogens is 252 g/mol. The van der Waals surface area contributed by atoms with Gasteiger partial charge in [0.15, 0.2) is 0 Å². The fourth-order valence-corrected chi connectivity index (χ4v) is 2.67. The summed E-state index contributed by atoms with van der Waals surface area (Å²) < 4.78 is 0. The monoisotopic (exact) mass is 270 g/mol. The van der Waals surface area contributed by atoms with Crippen LogP contribution in [0.25, 0.3) is 10.9 Å². The van der Waals surface area contributed by atoms with Crippen LogP contribution < -0.4 is 5.32 Å². The lowest BCUT2D eigenvalue weighted by atomic mass is 10.1. The molecule has 1 atom stereocenters. The van der Waals surface area contributed by atoms with Crippen LogP contribution in [0, 0.1) is 6.92 Å². The van der Waals surface area contributed by atoms with Gasteiger partial charge in [0.1, 0.15) is 12.1 Å². The van der Waals surface area contributed by atoms with Crippen LogP contribution in [-0.4, -0.2) is 40.4 Å². The van der Waals surface area contributed by atoms with Crippen molar-refractivity contribution in [2.75, 3.05) is 18.9 Å². The molecular formula is C15H18N4O. The number of amides is 1. The number of aromatic nitrogens is 2. The Bertz CT molecular complexity index is 655. The number of rotatable bonds is 2. The first kappa shape index (κ1) is 12.8. The number of aryl methyl sites for hydroxylation is 1. The molecule has 1 aromatic heterocycles. The Balaban J connectivity index is 1.88. The number of para-hydroxylation sites is 1. The molecule has 1 amide bonds. The lowest BCUT2D eigenvalue weighted by Gasteiger charge is -2.30. The van der Waals surface area contributed by atoms with Crippen molar-refractivity contribution in [2.24, 2.45) is 0 Å². The van der Waals surface area contributed by atoms with E-state index in [2.05, 4.69) is 15.3 Å². The quantitative estimate of drug-likeness (QED) is 0.906. The van der Waals surface area contributed by atoms with Gasteiger partial charge in [-0.05, 0) is 25.0 Å². The molecule has 20 heavy (non-hydrogen) atoms. The highest BCUT2D eigenvalue weighted by atomic mass is 16.2. The van der Waals surface area contributed by atoms with E-state index in [0.29, 0.717) is 6.42 Å². The largest absolute Gasteiger partial charge is 0.365 e. The van der Waals surface area contributed by atoms with Gasteiger partial charge in [0, 0.05) is 31.4 Å². The highest BCUT2D eigenvalue weighted by Gasteiger charge is 2.23. The van der Waals surface area contributed by atoms with E-state index >= 15 is 0 Å². The third kappa shape index (κ3) is 2.31. The maximum Gasteiger partial charge on any atom is 0.222 e.